The van der Waals surface area contributed by atoms with Crippen LogP contribution in [-0.4, -0.2) is 39.3 Å². The van der Waals surface area contributed by atoms with E-state index in [2.05, 4.69) is 33.0 Å². The SMILES string of the molecule is CCCOCOC(CCC)[N]C(CCC)OCOCCC. The zero-order valence-electron chi connectivity index (χ0n) is 14.3. The molecule has 2 atom stereocenters. The van der Waals surface area contributed by atoms with E-state index in [0.29, 0.717) is 13.6 Å². The highest BCUT2D eigenvalue weighted by atomic mass is 16.7. The molecule has 0 aliphatic rings. The summed E-state index contributed by atoms with van der Waals surface area (Å²) >= 11 is 0. The van der Waals surface area contributed by atoms with E-state index in [9.17, 15) is 0 Å². The zero-order valence-corrected chi connectivity index (χ0v) is 14.3. The van der Waals surface area contributed by atoms with Crippen LogP contribution in [0.5, 0.6) is 0 Å². The van der Waals surface area contributed by atoms with Gasteiger partial charge in [-0.3, -0.25) is 0 Å². The van der Waals surface area contributed by atoms with Crippen LogP contribution in [0, 0.1) is 0 Å². The van der Waals surface area contributed by atoms with Gasteiger partial charge in [0.25, 0.3) is 0 Å². The molecule has 0 heterocycles. The first kappa shape index (κ1) is 20.8. The molecule has 0 saturated carbocycles. The highest BCUT2D eigenvalue weighted by molar-refractivity contribution is 4.59. The van der Waals surface area contributed by atoms with Gasteiger partial charge in [0.15, 0.2) is 0 Å². The van der Waals surface area contributed by atoms with Crippen molar-refractivity contribution in [2.45, 2.75) is 78.7 Å². The van der Waals surface area contributed by atoms with E-state index in [4.69, 9.17) is 18.9 Å². The molecule has 5 nitrogen and oxygen atoms in total. The van der Waals surface area contributed by atoms with E-state index in [1.165, 1.54) is 0 Å². The van der Waals surface area contributed by atoms with Gasteiger partial charge in [-0.1, -0.05) is 40.5 Å². The number of nitrogens with zero attached hydrogens (tertiary/aromatic N) is 1. The summed E-state index contributed by atoms with van der Waals surface area (Å²) in [5, 5.41) is 4.65. The Labute approximate surface area is 130 Å². The van der Waals surface area contributed by atoms with Crippen molar-refractivity contribution in [1.82, 2.24) is 5.32 Å². The lowest BCUT2D eigenvalue weighted by atomic mass is 10.2. The Kier molecular flexibility index (Phi) is 16.0. The second-order valence-electron chi connectivity index (χ2n) is 5.02. The summed E-state index contributed by atoms with van der Waals surface area (Å²) in [6.07, 6.45) is 5.48. The Morgan fingerprint density at radius 2 is 1.10 bits per heavy atom. The predicted octanol–water partition coefficient (Wildman–Crippen LogP) is 3.64. The van der Waals surface area contributed by atoms with Gasteiger partial charge in [0.2, 0.25) is 0 Å². The molecule has 0 bridgehead atoms. The minimum atomic E-state index is -0.158. The highest BCUT2D eigenvalue weighted by Crippen LogP contribution is 2.08. The maximum atomic E-state index is 5.68. The Balaban J connectivity index is 4.04. The number of rotatable bonds is 16. The van der Waals surface area contributed by atoms with Crippen LogP contribution in [0.2, 0.25) is 0 Å². The van der Waals surface area contributed by atoms with Crippen molar-refractivity contribution in [2.24, 2.45) is 0 Å². The van der Waals surface area contributed by atoms with Gasteiger partial charge in [0.1, 0.15) is 26.0 Å². The molecule has 0 N–H and O–H groups in total. The van der Waals surface area contributed by atoms with Crippen LogP contribution in [0.1, 0.15) is 66.2 Å². The molecule has 0 amide bonds. The van der Waals surface area contributed by atoms with Crippen LogP contribution in [0.15, 0.2) is 0 Å². The van der Waals surface area contributed by atoms with Crippen LogP contribution in [-0.2, 0) is 18.9 Å². The second-order valence-corrected chi connectivity index (χ2v) is 5.02. The monoisotopic (exact) mass is 304 g/mol. The molecule has 127 valence electrons. The van der Waals surface area contributed by atoms with Crippen molar-refractivity contribution in [3.05, 3.63) is 0 Å². The third kappa shape index (κ3) is 13.2. The summed E-state index contributed by atoms with van der Waals surface area (Å²) in [4.78, 5) is 0. The van der Waals surface area contributed by atoms with Crippen molar-refractivity contribution < 1.29 is 18.9 Å². The molecule has 0 saturated heterocycles. The van der Waals surface area contributed by atoms with Crippen LogP contribution < -0.4 is 5.32 Å². The van der Waals surface area contributed by atoms with Crippen molar-refractivity contribution in [2.75, 3.05) is 26.8 Å². The third-order valence-electron chi connectivity index (χ3n) is 2.79. The van der Waals surface area contributed by atoms with Crippen LogP contribution in [0.3, 0.4) is 0 Å². The van der Waals surface area contributed by atoms with E-state index in [-0.39, 0.29) is 12.5 Å². The maximum Gasteiger partial charge on any atom is 0.148 e. The fourth-order valence-electron chi connectivity index (χ4n) is 1.74. The molecule has 1 radical (unpaired) electrons. The Morgan fingerprint density at radius 1 is 0.667 bits per heavy atom. The standard InChI is InChI=1S/C16H34NO4/c1-5-9-15(20-13-18-11-7-3)17-16(10-6-2)21-14-19-12-8-4/h15-16H,5-14H2,1-4H3. The summed E-state index contributed by atoms with van der Waals surface area (Å²) in [5.74, 6) is 0. The fourth-order valence-corrected chi connectivity index (χ4v) is 1.74. The van der Waals surface area contributed by atoms with Crippen LogP contribution in [0.25, 0.3) is 0 Å². The molecule has 2 unspecified atom stereocenters. The first-order chi connectivity index (χ1) is 10.3. The smallest absolute Gasteiger partial charge is 0.148 e. The molecule has 0 aromatic heterocycles. The van der Waals surface area contributed by atoms with Gasteiger partial charge in [-0.05, 0) is 25.7 Å². The minimum Gasteiger partial charge on any atom is -0.355 e. The van der Waals surface area contributed by atoms with E-state index in [1.807, 2.05) is 0 Å². The van der Waals surface area contributed by atoms with Gasteiger partial charge in [-0.2, -0.15) is 5.32 Å². The van der Waals surface area contributed by atoms with E-state index < -0.39 is 0 Å². The molecule has 0 aromatic carbocycles. The van der Waals surface area contributed by atoms with Crippen molar-refractivity contribution in [3.63, 3.8) is 0 Å². The molecule has 0 aromatic rings. The Hall–Kier alpha value is -0.200. The minimum absolute atomic E-state index is 0.158. The Bertz CT molecular complexity index is 185. The molecule has 0 spiro atoms. The van der Waals surface area contributed by atoms with Crippen LogP contribution >= 0.6 is 0 Å². The summed E-state index contributed by atoms with van der Waals surface area (Å²) in [5.41, 5.74) is 0. The first-order valence-corrected chi connectivity index (χ1v) is 8.36. The van der Waals surface area contributed by atoms with E-state index >= 15 is 0 Å². The first-order valence-electron chi connectivity index (χ1n) is 8.36. The molecule has 0 fully saturated rings. The summed E-state index contributed by atoms with van der Waals surface area (Å²) < 4.78 is 22.1. The number of hydrogen-bond donors (Lipinski definition) is 0. The van der Waals surface area contributed by atoms with Gasteiger partial charge < -0.3 is 18.9 Å². The average molecular weight is 304 g/mol. The van der Waals surface area contributed by atoms with E-state index in [0.717, 1.165) is 51.7 Å². The molecule has 0 rings (SSSR count). The third-order valence-corrected chi connectivity index (χ3v) is 2.79. The predicted molar refractivity (Wildman–Crippen MR) is 83.9 cm³/mol. The summed E-state index contributed by atoms with van der Waals surface area (Å²) in [6.45, 7) is 10.4. The zero-order chi connectivity index (χ0) is 15.8. The van der Waals surface area contributed by atoms with Gasteiger partial charge in [-0.15, -0.1) is 0 Å². The van der Waals surface area contributed by atoms with Crippen molar-refractivity contribution in [3.8, 4) is 0 Å². The molecule has 0 aliphatic carbocycles. The number of hydrogen-bond acceptors (Lipinski definition) is 4. The fraction of sp³-hybridized carbons (Fsp3) is 1.00. The second kappa shape index (κ2) is 16.2. The molecule has 0 aliphatic heterocycles. The van der Waals surface area contributed by atoms with Crippen molar-refractivity contribution in [1.29, 1.82) is 0 Å². The van der Waals surface area contributed by atoms with Gasteiger partial charge in [0.05, 0.1) is 0 Å². The highest BCUT2D eigenvalue weighted by Gasteiger charge is 2.17. The molecule has 5 heteroatoms. The largest absolute Gasteiger partial charge is 0.355 e. The summed E-state index contributed by atoms with van der Waals surface area (Å²) in [6, 6.07) is 0. The molecule has 21 heavy (non-hydrogen) atoms. The lowest BCUT2D eigenvalue weighted by Crippen LogP contribution is -2.36. The number of ether oxygens (including phenoxy) is 4. The van der Waals surface area contributed by atoms with E-state index in [1.54, 1.807) is 0 Å². The lowest BCUT2D eigenvalue weighted by molar-refractivity contribution is -0.148. The lowest BCUT2D eigenvalue weighted by Gasteiger charge is -2.23. The van der Waals surface area contributed by atoms with Gasteiger partial charge in [-0.25, -0.2) is 0 Å². The Morgan fingerprint density at radius 3 is 1.43 bits per heavy atom. The molecular weight excluding hydrogens is 270 g/mol. The van der Waals surface area contributed by atoms with Gasteiger partial charge >= 0.3 is 0 Å². The van der Waals surface area contributed by atoms with Gasteiger partial charge in [0, 0.05) is 13.2 Å². The van der Waals surface area contributed by atoms with Crippen molar-refractivity contribution >= 4 is 0 Å². The quantitative estimate of drug-likeness (QED) is 0.323. The molecular formula is C16H34NO4. The normalized spacial score (nSPS) is 14.3. The maximum absolute atomic E-state index is 5.68. The van der Waals surface area contributed by atoms with Crippen LogP contribution in [0.4, 0.5) is 0 Å². The average Bonchev–Trinajstić information content (AvgIpc) is 2.48. The summed E-state index contributed by atoms with van der Waals surface area (Å²) in [7, 11) is 0. The topological polar surface area (TPSA) is 51.0 Å².